The number of aromatic nitrogens is 1. The van der Waals surface area contributed by atoms with Crippen LogP contribution in [0.25, 0.3) is 0 Å². The number of amides is 1. The quantitative estimate of drug-likeness (QED) is 0.651. The zero-order chi connectivity index (χ0) is 16.1. The summed E-state index contributed by atoms with van der Waals surface area (Å²) < 4.78 is 1.03. The highest BCUT2D eigenvalue weighted by atomic mass is 127. The van der Waals surface area contributed by atoms with Crippen molar-refractivity contribution in [3.63, 3.8) is 0 Å². The summed E-state index contributed by atoms with van der Waals surface area (Å²) in [5, 5.41) is 3.09. The third-order valence-electron chi connectivity index (χ3n) is 3.48. The molecule has 1 aromatic heterocycles. The molecule has 114 valence electrons. The fourth-order valence-corrected chi connectivity index (χ4v) is 2.91. The van der Waals surface area contributed by atoms with Gasteiger partial charge in [-0.15, -0.1) is 0 Å². The zero-order valence-corrected chi connectivity index (χ0v) is 14.5. The van der Waals surface area contributed by atoms with Crippen molar-refractivity contribution in [2.75, 3.05) is 0 Å². The molecule has 0 aliphatic heterocycles. The molecule has 3 nitrogen and oxygen atoms in total. The lowest BCUT2D eigenvalue weighted by Gasteiger charge is -2.19. The minimum Gasteiger partial charge on any atom is -0.340 e. The van der Waals surface area contributed by atoms with Crippen LogP contribution in [0, 0.1) is 3.57 Å². The molecule has 23 heavy (non-hydrogen) atoms. The molecule has 0 saturated heterocycles. The molecule has 1 atom stereocenters. The number of hydrogen-bond donors (Lipinski definition) is 1. The fraction of sp³-hybridized carbons (Fsp3) is 0.0526. The third-order valence-corrected chi connectivity index (χ3v) is 4.15. The second-order valence-corrected chi connectivity index (χ2v) is 6.33. The summed E-state index contributed by atoms with van der Waals surface area (Å²) >= 11 is 2.20. The van der Waals surface area contributed by atoms with Crippen molar-refractivity contribution in [1.29, 1.82) is 0 Å². The van der Waals surface area contributed by atoms with Gasteiger partial charge in [0.1, 0.15) is 0 Å². The summed E-state index contributed by atoms with van der Waals surface area (Å²) in [7, 11) is 0. The molecule has 1 amide bonds. The minimum absolute atomic E-state index is 0.108. The third kappa shape index (κ3) is 3.96. The Balaban J connectivity index is 1.92. The van der Waals surface area contributed by atoms with Gasteiger partial charge in [-0.1, -0.05) is 42.5 Å². The van der Waals surface area contributed by atoms with E-state index < -0.39 is 0 Å². The van der Waals surface area contributed by atoms with E-state index in [0.29, 0.717) is 5.56 Å². The van der Waals surface area contributed by atoms with E-state index in [-0.39, 0.29) is 11.9 Å². The topological polar surface area (TPSA) is 42.0 Å². The van der Waals surface area contributed by atoms with E-state index in [9.17, 15) is 4.79 Å². The summed E-state index contributed by atoms with van der Waals surface area (Å²) in [6.45, 7) is 0. The number of carbonyl (C=O) groups excluding carboxylic acids is 1. The summed E-state index contributed by atoms with van der Waals surface area (Å²) in [6, 6.07) is 22.8. The van der Waals surface area contributed by atoms with Crippen LogP contribution in [-0.4, -0.2) is 10.9 Å². The molecule has 0 fully saturated rings. The van der Waals surface area contributed by atoms with E-state index in [0.717, 1.165) is 14.8 Å². The highest BCUT2D eigenvalue weighted by Gasteiger charge is 2.18. The number of rotatable bonds is 4. The van der Waals surface area contributed by atoms with Crippen LogP contribution in [0.2, 0.25) is 0 Å². The van der Waals surface area contributed by atoms with E-state index in [1.807, 2.05) is 72.8 Å². The van der Waals surface area contributed by atoms with Gasteiger partial charge < -0.3 is 5.32 Å². The standard InChI is InChI=1S/C19H15IN2O/c20-16-10-6-9-15(13-16)19(23)22-18(14-7-2-1-3-8-14)17-11-4-5-12-21-17/h1-13,18H,(H,22,23). The molecule has 1 N–H and O–H groups in total. The number of hydrogen-bond acceptors (Lipinski definition) is 2. The highest BCUT2D eigenvalue weighted by molar-refractivity contribution is 14.1. The lowest BCUT2D eigenvalue weighted by Crippen LogP contribution is -2.29. The monoisotopic (exact) mass is 414 g/mol. The van der Waals surface area contributed by atoms with Crippen molar-refractivity contribution in [3.05, 3.63) is 99.4 Å². The smallest absolute Gasteiger partial charge is 0.252 e. The average molecular weight is 414 g/mol. The van der Waals surface area contributed by atoms with Crippen LogP contribution in [0.1, 0.15) is 27.7 Å². The Morgan fingerprint density at radius 2 is 1.74 bits per heavy atom. The Morgan fingerprint density at radius 3 is 2.43 bits per heavy atom. The van der Waals surface area contributed by atoms with Gasteiger partial charge in [0, 0.05) is 15.3 Å². The van der Waals surface area contributed by atoms with Gasteiger partial charge in [-0.25, -0.2) is 0 Å². The fourth-order valence-electron chi connectivity index (χ4n) is 2.36. The molecule has 2 aromatic carbocycles. The van der Waals surface area contributed by atoms with E-state index in [1.165, 1.54) is 0 Å². The van der Waals surface area contributed by atoms with E-state index in [2.05, 4.69) is 32.9 Å². The number of pyridine rings is 1. The van der Waals surface area contributed by atoms with Crippen molar-refractivity contribution in [2.45, 2.75) is 6.04 Å². The largest absolute Gasteiger partial charge is 0.340 e. The van der Waals surface area contributed by atoms with Gasteiger partial charge in [0.15, 0.2) is 0 Å². The lowest BCUT2D eigenvalue weighted by molar-refractivity contribution is 0.0942. The van der Waals surface area contributed by atoms with Crippen molar-refractivity contribution < 1.29 is 4.79 Å². The Bertz CT molecular complexity index is 751. The Morgan fingerprint density at radius 1 is 0.957 bits per heavy atom. The van der Waals surface area contributed by atoms with Gasteiger partial charge in [-0.2, -0.15) is 0 Å². The summed E-state index contributed by atoms with van der Waals surface area (Å²) in [6.07, 6.45) is 1.74. The Kier molecular flexibility index (Phi) is 5.02. The minimum atomic E-state index is -0.275. The van der Waals surface area contributed by atoms with E-state index in [1.54, 1.807) is 6.20 Å². The summed E-state index contributed by atoms with van der Waals surface area (Å²) in [5.74, 6) is -0.108. The molecule has 4 heteroatoms. The van der Waals surface area contributed by atoms with Gasteiger partial charge in [0.2, 0.25) is 0 Å². The molecule has 3 rings (SSSR count). The second-order valence-electron chi connectivity index (χ2n) is 5.08. The number of halogens is 1. The predicted octanol–water partition coefficient (Wildman–Crippen LogP) is 4.21. The van der Waals surface area contributed by atoms with Gasteiger partial charge in [-0.05, 0) is 58.5 Å². The summed E-state index contributed by atoms with van der Waals surface area (Å²) in [5.41, 5.74) is 2.47. The maximum Gasteiger partial charge on any atom is 0.252 e. The molecular formula is C19H15IN2O. The van der Waals surface area contributed by atoms with Crippen molar-refractivity contribution in [3.8, 4) is 0 Å². The van der Waals surface area contributed by atoms with Crippen LogP contribution < -0.4 is 5.32 Å². The van der Waals surface area contributed by atoms with Gasteiger partial charge in [0.25, 0.3) is 5.91 Å². The molecule has 0 bridgehead atoms. The molecule has 0 radical (unpaired) electrons. The maximum absolute atomic E-state index is 12.6. The van der Waals surface area contributed by atoms with Crippen LogP contribution in [0.5, 0.6) is 0 Å². The maximum atomic E-state index is 12.6. The lowest BCUT2D eigenvalue weighted by atomic mass is 10.0. The first-order chi connectivity index (χ1) is 11.2. The van der Waals surface area contributed by atoms with Crippen LogP contribution in [0.15, 0.2) is 79.0 Å². The number of nitrogens with zero attached hydrogens (tertiary/aromatic N) is 1. The SMILES string of the molecule is O=C(NC(c1ccccc1)c1ccccn1)c1cccc(I)c1. The van der Waals surface area contributed by atoms with Crippen LogP contribution in [0.4, 0.5) is 0 Å². The van der Waals surface area contributed by atoms with Crippen molar-refractivity contribution in [1.82, 2.24) is 10.3 Å². The molecule has 0 aliphatic carbocycles. The molecule has 0 aliphatic rings. The van der Waals surface area contributed by atoms with Gasteiger partial charge >= 0.3 is 0 Å². The first kappa shape index (κ1) is 15.7. The molecule has 1 unspecified atom stereocenters. The first-order valence-electron chi connectivity index (χ1n) is 7.26. The highest BCUT2D eigenvalue weighted by Crippen LogP contribution is 2.20. The van der Waals surface area contributed by atoms with Crippen molar-refractivity contribution >= 4 is 28.5 Å². The molecule has 0 spiro atoms. The number of nitrogens with one attached hydrogen (secondary N) is 1. The van der Waals surface area contributed by atoms with Crippen molar-refractivity contribution in [2.24, 2.45) is 0 Å². The first-order valence-corrected chi connectivity index (χ1v) is 8.34. The number of benzene rings is 2. The zero-order valence-electron chi connectivity index (χ0n) is 12.3. The Labute approximate surface area is 148 Å². The van der Waals surface area contributed by atoms with Crippen LogP contribution in [-0.2, 0) is 0 Å². The number of carbonyl (C=O) groups is 1. The molecule has 3 aromatic rings. The summed E-state index contributed by atoms with van der Waals surface area (Å²) in [4.78, 5) is 17.0. The van der Waals surface area contributed by atoms with E-state index >= 15 is 0 Å². The molecular weight excluding hydrogens is 399 g/mol. The predicted molar refractivity (Wildman–Crippen MR) is 99.1 cm³/mol. The van der Waals surface area contributed by atoms with Gasteiger partial charge in [0.05, 0.1) is 11.7 Å². The van der Waals surface area contributed by atoms with Gasteiger partial charge in [-0.3, -0.25) is 9.78 Å². The second kappa shape index (κ2) is 7.37. The van der Waals surface area contributed by atoms with Crippen LogP contribution in [0.3, 0.4) is 0 Å². The van der Waals surface area contributed by atoms with E-state index in [4.69, 9.17) is 0 Å². The van der Waals surface area contributed by atoms with Crippen LogP contribution >= 0.6 is 22.6 Å². The normalized spacial score (nSPS) is 11.7. The molecule has 0 saturated carbocycles. The molecule has 1 heterocycles. The Hall–Kier alpha value is -2.21. The average Bonchev–Trinajstić information content (AvgIpc) is 2.61.